The molecule has 4 heterocycles. The largest absolute Gasteiger partial charge is 0.353 e. The summed E-state index contributed by atoms with van der Waals surface area (Å²) in [6.45, 7) is 7.78. The second kappa shape index (κ2) is 7.60. The van der Waals surface area contributed by atoms with Crippen LogP contribution in [-0.4, -0.2) is 46.1 Å². The molecule has 7 heteroatoms. The Kier molecular flexibility index (Phi) is 5.03. The third kappa shape index (κ3) is 3.78. The van der Waals surface area contributed by atoms with Crippen LogP contribution in [-0.2, 0) is 0 Å². The van der Waals surface area contributed by atoms with Crippen molar-refractivity contribution in [3.05, 3.63) is 58.6 Å². The number of anilines is 2. The van der Waals surface area contributed by atoms with Gasteiger partial charge in [-0.2, -0.15) is 0 Å². The molecule has 0 atom stereocenters. The summed E-state index contributed by atoms with van der Waals surface area (Å²) < 4.78 is 1.000. The van der Waals surface area contributed by atoms with Crippen molar-refractivity contribution in [3.63, 3.8) is 0 Å². The van der Waals surface area contributed by atoms with E-state index < -0.39 is 0 Å². The summed E-state index contributed by atoms with van der Waals surface area (Å²) in [4.78, 5) is 22.9. The van der Waals surface area contributed by atoms with Crippen LogP contribution in [0.25, 0.3) is 11.4 Å². The van der Waals surface area contributed by atoms with E-state index in [-0.39, 0.29) is 0 Å². The smallest absolute Gasteiger partial charge is 0.163 e. The Morgan fingerprint density at radius 1 is 0.926 bits per heavy atom. The molecule has 0 radical (unpaired) electrons. The normalized spacial score (nSPS) is 14.5. The van der Waals surface area contributed by atoms with Crippen molar-refractivity contribution in [1.29, 1.82) is 0 Å². The molecule has 1 saturated heterocycles. The second-order valence-electron chi connectivity index (χ2n) is 6.63. The van der Waals surface area contributed by atoms with Crippen molar-refractivity contribution in [2.45, 2.75) is 13.8 Å². The van der Waals surface area contributed by atoms with Gasteiger partial charge in [0.1, 0.15) is 11.6 Å². The Morgan fingerprint density at radius 3 is 2.37 bits per heavy atom. The van der Waals surface area contributed by atoms with Gasteiger partial charge in [0.2, 0.25) is 0 Å². The van der Waals surface area contributed by atoms with Crippen LogP contribution in [0.2, 0.25) is 0 Å². The molecule has 0 unspecified atom stereocenters. The van der Waals surface area contributed by atoms with Gasteiger partial charge in [-0.3, -0.25) is 4.98 Å². The van der Waals surface area contributed by atoms with Gasteiger partial charge >= 0.3 is 0 Å². The zero-order valence-electron chi connectivity index (χ0n) is 15.4. The minimum Gasteiger partial charge on any atom is -0.353 e. The molecule has 0 amide bonds. The number of aryl methyl sites for hydroxylation is 1. The van der Waals surface area contributed by atoms with Crippen molar-refractivity contribution in [3.8, 4) is 11.4 Å². The van der Waals surface area contributed by atoms with Crippen LogP contribution < -0.4 is 9.80 Å². The SMILES string of the molecule is Cc1nc(-c2cccnc2)nc(N2CCN(c3ccc(Br)cn3)CC2)c1C. The molecule has 1 aliphatic rings. The van der Waals surface area contributed by atoms with Gasteiger partial charge in [-0.15, -0.1) is 0 Å². The van der Waals surface area contributed by atoms with Crippen LogP contribution in [0.15, 0.2) is 47.3 Å². The highest BCUT2D eigenvalue weighted by molar-refractivity contribution is 9.10. The molecule has 0 saturated carbocycles. The number of pyridine rings is 2. The van der Waals surface area contributed by atoms with E-state index in [4.69, 9.17) is 4.98 Å². The predicted octanol–water partition coefficient (Wildman–Crippen LogP) is 3.64. The third-order valence-electron chi connectivity index (χ3n) is 4.90. The lowest BCUT2D eigenvalue weighted by molar-refractivity contribution is 0.639. The molecule has 138 valence electrons. The molecule has 0 spiro atoms. The third-order valence-corrected chi connectivity index (χ3v) is 5.37. The lowest BCUT2D eigenvalue weighted by atomic mass is 10.2. The van der Waals surface area contributed by atoms with Crippen LogP contribution in [0.5, 0.6) is 0 Å². The zero-order valence-corrected chi connectivity index (χ0v) is 17.0. The van der Waals surface area contributed by atoms with Crippen molar-refractivity contribution >= 4 is 27.6 Å². The van der Waals surface area contributed by atoms with Crippen molar-refractivity contribution < 1.29 is 0 Å². The number of hydrogen-bond acceptors (Lipinski definition) is 6. The zero-order chi connectivity index (χ0) is 18.8. The standard InChI is InChI=1S/C20H21BrN6/c1-14-15(2)24-19(16-4-3-7-22-12-16)25-20(14)27-10-8-26(9-11-27)18-6-5-17(21)13-23-18/h3-7,12-13H,8-11H2,1-2H3. The maximum absolute atomic E-state index is 4.87. The average molecular weight is 425 g/mol. The van der Waals surface area contributed by atoms with Crippen LogP contribution >= 0.6 is 15.9 Å². The molecule has 4 rings (SSSR count). The minimum atomic E-state index is 0.734. The number of piperazine rings is 1. The molecule has 0 aromatic carbocycles. The summed E-state index contributed by atoms with van der Waals surface area (Å²) in [6, 6.07) is 8.00. The van der Waals surface area contributed by atoms with Crippen molar-refractivity contribution in [2.75, 3.05) is 36.0 Å². The molecule has 3 aromatic rings. The van der Waals surface area contributed by atoms with Gasteiger partial charge in [0, 0.05) is 66.1 Å². The lowest BCUT2D eigenvalue weighted by Gasteiger charge is -2.36. The molecule has 6 nitrogen and oxygen atoms in total. The fourth-order valence-electron chi connectivity index (χ4n) is 3.25. The summed E-state index contributed by atoms with van der Waals surface area (Å²) in [5.74, 6) is 2.77. The highest BCUT2D eigenvalue weighted by atomic mass is 79.9. The summed E-state index contributed by atoms with van der Waals surface area (Å²) in [5.41, 5.74) is 3.09. The van der Waals surface area contributed by atoms with E-state index in [0.717, 1.165) is 64.9 Å². The quantitative estimate of drug-likeness (QED) is 0.639. The van der Waals surface area contributed by atoms with E-state index in [0.29, 0.717) is 0 Å². The molecular weight excluding hydrogens is 404 g/mol. The molecule has 0 bridgehead atoms. The molecular formula is C20H21BrN6. The Morgan fingerprint density at radius 2 is 1.70 bits per heavy atom. The summed E-state index contributed by atoms with van der Waals surface area (Å²) in [5, 5.41) is 0. The van der Waals surface area contributed by atoms with Crippen molar-refractivity contribution in [1.82, 2.24) is 19.9 Å². The Labute approximate surface area is 167 Å². The highest BCUT2D eigenvalue weighted by Crippen LogP contribution is 2.26. The average Bonchev–Trinajstić information content (AvgIpc) is 2.71. The highest BCUT2D eigenvalue weighted by Gasteiger charge is 2.22. The Hall–Kier alpha value is -2.54. The first-order chi connectivity index (χ1) is 13.1. The maximum Gasteiger partial charge on any atom is 0.163 e. The van der Waals surface area contributed by atoms with Crippen LogP contribution in [0.1, 0.15) is 11.3 Å². The first-order valence-corrected chi connectivity index (χ1v) is 9.78. The number of halogens is 1. The topological polar surface area (TPSA) is 58.0 Å². The summed E-state index contributed by atoms with van der Waals surface area (Å²) in [7, 11) is 0. The first kappa shape index (κ1) is 17.9. The first-order valence-electron chi connectivity index (χ1n) is 8.99. The summed E-state index contributed by atoms with van der Waals surface area (Å²) >= 11 is 3.44. The number of rotatable bonds is 3. The van der Waals surface area contributed by atoms with Crippen LogP contribution in [0, 0.1) is 13.8 Å². The van der Waals surface area contributed by atoms with Crippen LogP contribution in [0.4, 0.5) is 11.6 Å². The van der Waals surface area contributed by atoms with E-state index in [1.165, 1.54) is 0 Å². The van der Waals surface area contributed by atoms with Gasteiger partial charge in [-0.05, 0) is 54.0 Å². The van der Waals surface area contributed by atoms with Gasteiger partial charge in [-0.25, -0.2) is 15.0 Å². The number of nitrogens with zero attached hydrogens (tertiary/aromatic N) is 6. The van der Waals surface area contributed by atoms with E-state index >= 15 is 0 Å². The molecule has 1 fully saturated rings. The predicted molar refractivity (Wildman–Crippen MR) is 111 cm³/mol. The van der Waals surface area contributed by atoms with E-state index in [2.05, 4.69) is 53.7 Å². The molecule has 3 aromatic heterocycles. The molecule has 0 N–H and O–H groups in total. The minimum absolute atomic E-state index is 0.734. The fourth-order valence-corrected chi connectivity index (χ4v) is 3.48. The monoisotopic (exact) mass is 424 g/mol. The van der Waals surface area contributed by atoms with E-state index in [9.17, 15) is 0 Å². The molecule has 27 heavy (non-hydrogen) atoms. The molecule has 1 aliphatic heterocycles. The van der Waals surface area contributed by atoms with E-state index in [1.807, 2.05) is 37.5 Å². The van der Waals surface area contributed by atoms with Gasteiger partial charge < -0.3 is 9.80 Å². The maximum atomic E-state index is 4.87. The number of aromatic nitrogens is 4. The van der Waals surface area contributed by atoms with Gasteiger partial charge in [0.25, 0.3) is 0 Å². The van der Waals surface area contributed by atoms with E-state index in [1.54, 1.807) is 6.20 Å². The summed E-state index contributed by atoms with van der Waals surface area (Å²) in [6.07, 6.45) is 5.42. The van der Waals surface area contributed by atoms with Crippen LogP contribution in [0.3, 0.4) is 0 Å². The van der Waals surface area contributed by atoms with Gasteiger partial charge in [0.15, 0.2) is 5.82 Å². The Bertz CT molecular complexity index is 921. The second-order valence-corrected chi connectivity index (χ2v) is 7.55. The van der Waals surface area contributed by atoms with Gasteiger partial charge in [0.05, 0.1) is 0 Å². The number of hydrogen-bond donors (Lipinski definition) is 0. The Balaban J connectivity index is 1.56. The molecule has 0 aliphatic carbocycles. The van der Waals surface area contributed by atoms with Crippen molar-refractivity contribution in [2.24, 2.45) is 0 Å². The fraction of sp³-hybridized carbons (Fsp3) is 0.300. The lowest BCUT2D eigenvalue weighted by Crippen LogP contribution is -2.47. The van der Waals surface area contributed by atoms with Gasteiger partial charge in [-0.1, -0.05) is 0 Å².